The highest BCUT2D eigenvalue weighted by atomic mass is 35.5. The number of aromatic nitrogens is 4. The summed E-state index contributed by atoms with van der Waals surface area (Å²) in [5, 5.41) is 8.51. The summed E-state index contributed by atoms with van der Waals surface area (Å²) >= 11 is 6.47. The van der Waals surface area contributed by atoms with Gasteiger partial charge in [-0.15, -0.1) is 10.2 Å². The molecular formula is C18H13ClF4N4. The Kier molecular flexibility index (Phi) is 4.18. The lowest BCUT2D eigenvalue weighted by atomic mass is 9.94. The maximum absolute atomic E-state index is 14.1. The van der Waals surface area contributed by atoms with E-state index in [0.717, 1.165) is 17.6 Å². The van der Waals surface area contributed by atoms with Crippen LogP contribution in [0.5, 0.6) is 0 Å². The molecule has 4 nitrogen and oxygen atoms in total. The van der Waals surface area contributed by atoms with Crippen molar-refractivity contribution in [2.45, 2.75) is 32.4 Å². The van der Waals surface area contributed by atoms with Crippen molar-refractivity contribution in [3.63, 3.8) is 0 Å². The van der Waals surface area contributed by atoms with Crippen molar-refractivity contribution in [3.8, 4) is 16.8 Å². The number of hydrogen-bond acceptors (Lipinski definition) is 3. The molecule has 0 bridgehead atoms. The van der Waals surface area contributed by atoms with Crippen LogP contribution < -0.4 is 0 Å². The summed E-state index contributed by atoms with van der Waals surface area (Å²) in [4.78, 5) is 3.72. The van der Waals surface area contributed by atoms with Gasteiger partial charge in [0.25, 0.3) is 0 Å². The Bertz CT molecular complexity index is 1040. The molecule has 27 heavy (non-hydrogen) atoms. The number of aryl methyl sites for hydroxylation is 3. The first-order valence-corrected chi connectivity index (χ1v) is 8.55. The zero-order chi connectivity index (χ0) is 19.3. The Morgan fingerprint density at radius 3 is 2.67 bits per heavy atom. The van der Waals surface area contributed by atoms with Gasteiger partial charge >= 0.3 is 6.18 Å². The molecule has 0 N–H and O–H groups in total. The molecule has 3 heterocycles. The molecular weight excluding hydrogens is 384 g/mol. The average Bonchev–Trinajstić information content (AvgIpc) is 2.96. The third kappa shape index (κ3) is 3.18. The van der Waals surface area contributed by atoms with Crippen molar-refractivity contribution in [1.82, 2.24) is 19.7 Å². The number of alkyl halides is 3. The number of rotatable bonds is 2. The molecule has 0 saturated carbocycles. The molecule has 1 aliphatic rings. The standard InChI is InChI=1S/C18H13ClF4N4/c1-9-25-26-16-3-2-10-4-11(5-14(19)17(10)27(9)16)13-7-24-8-15(20)12(13)6-18(21,22)23/h4-5,7-8H,2-3,6H2,1H3. The number of benzene rings is 1. The van der Waals surface area contributed by atoms with Gasteiger partial charge in [0.15, 0.2) is 0 Å². The molecule has 1 aliphatic heterocycles. The van der Waals surface area contributed by atoms with Gasteiger partial charge in [-0.05, 0) is 36.6 Å². The minimum absolute atomic E-state index is 0.0864. The number of halogens is 5. The third-order valence-electron chi connectivity index (χ3n) is 4.57. The molecule has 0 aliphatic carbocycles. The SMILES string of the molecule is Cc1nnc2n1-c1c(Cl)cc(-c3cncc(F)c3CC(F)(F)F)cc1CC2. The van der Waals surface area contributed by atoms with E-state index in [1.807, 2.05) is 4.57 Å². The molecule has 0 atom stereocenters. The highest BCUT2D eigenvalue weighted by Crippen LogP contribution is 2.38. The second-order valence-electron chi connectivity index (χ2n) is 6.40. The van der Waals surface area contributed by atoms with Crippen molar-refractivity contribution in [3.05, 3.63) is 58.1 Å². The van der Waals surface area contributed by atoms with E-state index in [-0.39, 0.29) is 5.56 Å². The van der Waals surface area contributed by atoms with E-state index in [0.29, 0.717) is 34.9 Å². The lowest BCUT2D eigenvalue weighted by molar-refractivity contribution is -0.127. The van der Waals surface area contributed by atoms with E-state index in [4.69, 9.17) is 11.6 Å². The normalized spacial score (nSPS) is 13.4. The molecule has 0 saturated heterocycles. The summed E-state index contributed by atoms with van der Waals surface area (Å²) < 4.78 is 54.7. The highest BCUT2D eigenvalue weighted by molar-refractivity contribution is 6.33. The monoisotopic (exact) mass is 396 g/mol. The van der Waals surface area contributed by atoms with Gasteiger partial charge in [0.2, 0.25) is 0 Å². The summed E-state index contributed by atoms with van der Waals surface area (Å²) in [5.41, 5.74) is 1.61. The Morgan fingerprint density at radius 1 is 1.15 bits per heavy atom. The number of pyridine rings is 1. The Labute approximate surface area is 156 Å². The van der Waals surface area contributed by atoms with Crippen LogP contribution in [0.15, 0.2) is 24.5 Å². The van der Waals surface area contributed by atoms with Crippen molar-refractivity contribution in [2.24, 2.45) is 0 Å². The fourth-order valence-electron chi connectivity index (χ4n) is 3.45. The first-order chi connectivity index (χ1) is 12.7. The van der Waals surface area contributed by atoms with E-state index >= 15 is 0 Å². The molecule has 0 unspecified atom stereocenters. The van der Waals surface area contributed by atoms with Gasteiger partial charge in [-0.2, -0.15) is 13.2 Å². The van der Waals surface area contributed by atoms with Crippen LogP contribution in [0.25, 0.3) is 16.8 Å². The molecule has 140 valence electrons. The van der Waals surface area contributed by atoms with Crippen molar-refractivity contribution in [1.29, 1.82) is 0 Å². The molecule has 9 heteroatoms. The molecule has 0 spiro atoms. The molecule has 1 aromatic carbocycles. The van der Waals surface area contributed by atoms with Crippen molar-refractivity contribution < 1.29 is 17.6 Å². The molecule has 0 radical (unpaired) electrons. The minimum atomic E-state index is -4.54. The van der Waals surface area contributed by atoms with E-state index in [1.54, 1.807) is 13.0 Å². The first-order valence-electron chi connectivity index (χ1n) is 8.18. The average molecular weight is 397 g/mol. The molecule has 0 fully saturated rings. The fourth-order valence-corrected chi connectivity index (χ4v) is 3.77. The first kappa shape index (κ1) is 17.9. The van der Waals surface area contributed by atoms with Crippen LogP contribution in [0.3, 0.4) is 0 Å². The second-order valence-corrected chi connectivity index (χ2v) is 6.81. The summed E-state index contributed by atoms with van der Waals surface area (Å²) in [6.07, 6.45) is -2.65. The molecule has 4 rings (SSSR count). The molecule has 2 aromatic heterocycles. The van der Waals surface area contributed by atoms with Crippen LogP contribution in [-0.2, 0) is 19.3 Å². The Hall–Kier alpha value is -2.48. The fraction of sp³-hybridized carbons (Fsp3) is 0.278. The van der Waals surface area contributed by atoms with Gasteiger partial charge in [0.1, 0.15) is 17.5 Å². The molecule has 3 aromatic rings. The van der Waals surface area contributed by atoms with Crippen LogP contribution in [0.4, 0.5) is 17.6 Å². The molecule has 0 amide bonds. The number of hydrogen-bond donors (Lipinski definition) is 0. The van der Waals surface area contributed by atoms with Gasteiger partial charge in [-0.3, -0.25) is 9.55 Å². The summed E-state index contributed by atoms with van der Waals surface area (Å²) in [5.74, 6) is 0.459. The van der Waals surface area contributed by atoms with Gasteiger partial charge < -0.3 is 0 Å². The smallest absolute Gasteiger partial charge is 0.281 e. The highest BCUT2D eigenvalue weighted by Gasteiger charge is 2.31. The van der Waals surface area contributed by atoms with Crippen LogP contribution in [-0.4, -0.2) is 25.9 Å². The van der Waals surface area contributed by atoms with E-state index < -0.39 is 24.0 Å². The quantitative estimate of drug-likeness (QED) is 0.593. The Morgan fingerprint density at radius 2 is 1.93 bits per heavy atom. The topological polar surface area (TPSA) is 43.6 Å². The zero-order valence-electron chi connectivity index (χ0n) is 14.1. The lowest BCUT2D eigenvalue weighted by Crippen LogP contribution is -2.15. The minimum Gasteiger partial charge on any atom is -0.281 e. The third-order valence-corrected chi connectivity index (χ3v) is 4.86. The summed E-state index contributed by atoms with van der Waals surface area (Å²) in [6.45, 7) is 1.80. The summed E-state index contributed by atoms with van der Waals surface area (Å²) in [6, 6.07) is 3.27. The van der Waals surface area contributed by atoms with Gasteiger partial charge in [-0.25, -0.2) is 4.39 Å². The van der Waals surface area contributed by atoms with E-state index in [9.17, 15) is 17.6 Å². The van der Waals surface area contributed by atoms with Gasteiger partial charge in [0.05, 0.1) is 23.3 Å². The van der Waals surface area contributed by atoms with Crippen LogP contribution in [0.2, 0.25) is 5.02 Å². The largest absolute Gasteiger partial charge is 0.393 e. The maximum Gasteiger partial charge on any atom is 0.393 e. The van der Waals surface area contributed by atoms with Crippen molar-refractivity contribution in [2.75, 3.05) is 0 Å². The van der Waals surface area contributed by atoms with Gasteiger partial charge in [0, 0.05) is 23.7 Å². The van der Waals surface area contributed by atoms with E-state index in [1.165, 1.54) is 12.3 Å². The van der Waals surface area contributed by atoms with Crippen LogP contribution in [0.1, 0.15) is 22.8 Å². The number of fused-ring (bicyclic) bond motifs is 3. The van der Waals surface area contributed by atoms with E-state index in [2.05, 4.69) is 15.2 Å². The lowest BCUT2D eigenvalue weighted by Gasteiger charge is -2.22. The van der Waals surface area contributed by atoms with Crippen LogP contribution >= 0.6 is 11.6 Å². The zero-order valence-corrected chi connectivity index (χ0v) is 14.9. The predicted molar refractivity (Wildman–Crippen MR) is 91.5 cm³/mol. The van der Waals surface area contributed by atoms with Crippen LogP contribution in [0, 0.1) is 12.7 Å². The maximum atomic E-state index is 14.1. The number of nitrogens with zero attached hydrogens (tertiary/aromatic N) is 4. The Balaban J connectivity index is 1.88. The summed E-state index contributed by atoms with van der Waals surface area (Å²) in [7, 11) is 0. The predicted octanol–water partition coefficient (Wildman–Crippen LogP) is 4.63. The second kappa shape index (κ2) is 6.30. The van der Waals surface area contributed by atoms with Crippen molar-refractivity contribution >= 4 is 11.6 Å². The van der Waals surface area contributed by atoms with Gasteiger partial charge in [-0.1, -0.05) is 11.6 Å².